The maximum Gasteiger partial charge on any atom is 0.233 e. The van der Waals surface area contributed by atoms with Crippen LogP contribution in [0.25, 0.3) is 0 Å². The van der Waals surface area contributed by atoms with E-state index in [0.717, 1.165) is 37.4 Å². The molecule has 0 bridgehead atoms. The van der Waals surface area contributed by atoms with Gasteiger partial charge in [-0.05, 0) is 43.6 Å². The van der Waals surface area contributed by atoms with Crippen LogP contribution in [0.3, 0.4) is 0 Å². The summed E-state index contributed by atoms with van der Waals surface area (Å²) >= 11 is 1.66. The lowest BCUT2D eigenvalue weighted by atomic mass is 9.96. The maximum absolute atomic E-state index is 11.8. The molecule has 0 saturated carbocycles. The number of hydrogen-bond donors (Lipinski definition) is 2. The Balaban J connectivity index is 2.00. The Bertz CT molecular complexity index is 428. The summed E-state index contributed by atoms with van der Waals surface area (Å²) < 4.78 is 4.72. The number of thioether (sulfide) groups is 1. The quantitative estimate of drug-likeness (QED) is 0.858. The normalized spacial score (nSPS) is 17.9. The molecule has 1 aliphatic rings. The molecule has 1 saturated heterocycles. The SMILES string of the molecule is COc1ccc(CSC2(C(N)=O)CCNCC2)cc1. The van der Waals surface area contributed by atoms with Crippen molar-refractivity contribution in [3.05, 3.63) is 29.8 Å². The minimum absolute atomic E-state index is 0.187. The molecule has 0 spiro atoms. The summed E-state index contributed by atoms with van der Waals surface area (Å²) in [5.41, 5.74) is 6.79. The van der Waals surface area contributed by atoms with Crippen molar-refractivity contribution in [3.8, 4) is 5.75 Å². The van der Waals surface area contributed by atoms with E-state index < -0.39 is 4.75 Å². The zero-order valence-electron chi connectivity index (χ0n) is 11.1. The molecule has 0 radical (unpaired) electrons. The van der Waals surface area contributed by atoms with Crippen LogP contribution >= 0.6 is 11.8 Å². The molecular weight excluding hydrogens is 260 g/mol. The van der Waals surface area contributed by atoms with E-state index in [1.807, 2.05) is 24.3 Å². The van der Waals surface area contributed by atoms with E-state index in [0.29, 0.717) is 0 Å². The fraction of sp³-hybridized carbons (Fsp3) is 0.500. The molecule has 19 heavy (non-hydrogen) atoms. The largest absolute Gasteiger partial charge is 0.497 e. The van der Waals surface area contributed by atoms with Gasteiger partial charge in [-0.25, -0.2) is 0 Å². The third kappa shape index (κ3) is 3.42. The number of hydrogen-bond acceptors (Lipinski definition) is 4. The van der Waals surface area contributed by atoms with Gasteiger partial charge in [0.25, 0.3) is 0 Å². The lowest BCUT2D eigenvalue weighted by Gasteiger charge is -2.34. The van der Waals surface area contributed by atoms with E-state index in [1.165, 1.54) is 5.56 Å². The zero-order valence-corrected chi connectivity index (χ0v) is 12.0. The first kappa shape index (κ1) is 14.2. The van der Waals surface area contributed by atoms with Crippen LogP contribution in [-0.2, 0) is 10.5 Å². The summed E-state index contributed by atoms with van der Waals surface area (Å²) in [5, 5.41) is 3.27. The van der Waals surface area contributed by atoms with Crippen molar-refractivity contribution < 1.29 is 9.53 Å². The summed E-state index contributed by atoms with van der Waals surface area (Å²) in [6.07, 6.45) is 1.62. The Morgan fingerprint density at radius 1 is 1.37 bits per heavy atom. The fourth-order valence-electron chi connectivity index (χ4n) is 2.24. The average molecular weight is 280 g/mol. The molecule has 0 aromatic heterocycles. The average Bonchev–Trinajstić information content (AvgIpc) is 2.46. The molecule has 1 aromatic rings. The molecule has 1 amide bonds. The van der Waals surface area contributed by atoms with Gasteiger partial charge in [0.2, 0.25) is 5.91 Å². The smallest absolute Gasteiger partial charge is 0.233 e. The van der Waals surface area contributed by atoms with Crippen molar-refractivity contribution in [3.63, 3.8) is 0 Å². The number of methoxy groups -OCH3 is 1. The van der Waals surface area contributed by atoms with Crippen LogP contribution in [-0.4, -0.2) is 30.9 Å². The summed E-state index contributed by atoms with van der Waals surface area (Å²) in [6, 6.07) is 7.94. The topological polar surface area (TPSA) is 64.3 Å². The van der Waals surface area contributed by atoms with Crippen LogP contribution in [0.1, 0.15) is 18.4 Å². The molecule has 1 heterocycles. The highest BCUT2D eigenvalue weighted by atomic mass is 32.2. The van der Waals surface area contributed by atoms with Crippen molar-refractivity contribution >= 4 is 17.7 Å². The summed E-state index contributed by atoms with van der Waals surface area (Å²) in [7, 11) is 1.65. The predicted molar refractivity (Wildman–Crippen MR) is 78.3 cm³/mol. The summed E-state index contributed by atoms with van der Waals surface area (Å²) in [4.78, 5) is 11.8. The molecule has 5 heteroatoms. The number of nitrogens with one attached hydrogen (secondary N) is 1. The van der Waals surface area contributed by atoms with E-state index in [1.54, 1.807) is 18.9 Å². The highest BCUT2D eigenvalue weighted by molar-refractivity contribution is 8.00. The van der Waals surface area contributed by atoms with Gasteiger partial charge in [0.05, 0.1) is 11.9 Å². The van der Waals surface area contributed by atoms with Crippen LogP contribution in [0.4, 0.5) is 0 Å². The first-order chi connectivity index (χ1) is 9.16. The zero-order chi connectivity index (χ0) is 13.7. The van der Waals surface area contributed by atoms with E-state index in [2.05, 4.69) is 5.32 Å². The van der Waals surface area contributed by atoms with Crippen LogP contribution < -0.4 is 15.8 Å². The second-order valence-electron chi connectivity index (χ2n) is 4.75. The Morgan fingerprint density at radius 3 is 2.53 bits per heavy atom. The number of ether oxygens (including phenoxy) is 1. The van der Waals surface area contributed by atoms with Crippen LogP contribution in [0.2, 0.25) is 0 Å². The fourth-order valence-corrected chi connectivity index (χ4v) is 3.51. The standard InChI is InChI=1S/C14H20N2O2S/c1-18-12-4-2-11(3-5-12)10-19-14(13(15)17)6-8-16-9-7-14/h2-5,16H,6-10H2,1H3,(H2,15,17). The van der Waals surface area contributed by atoms with E-state index in [-0.39, 0.29) is 5.91 Å². The molecule has 1 aliphatic heterocycles. The van der Waals surface area contributed by atoms with E-state index in [9.17, 15) is 4.79 Å². The van der Waals surface area contributed by atoms with Gasteiger partial charge in [-0.2, -0.15) is 0 Å². The highest BCUT2D eigenvalue weighted by Gasteiger charge is 2.38. The molecular formula is C14H20N2O2S. The van der Waals surface area contributed by atoms with Crippen molar-refractivity contribution in [2.45, 2.75) is 23.3 Å². The van der Waals surface area contributed by atoms with Gasteiger partial charge in [-0.1, -0.05) is 12.1 Å². The molecule has 0 aliphatic carbocycles. The number of rotatable bonds is 5. The monoisotopic (exact) mass is 280 g/mol. The lowest BCUT2D eigenvalue weighted by molar-refractivity contribution is -0.120. The molecule has 0 atom stereocenters. The number of benzene rings is 1. The number of piperidine rings is 1. The van der Waals surface area contributed by atoms with E-state index >= 15 is 0 Å². The van der Waals surface area contributed by atoms with E-state index in [4.69, 9.17) is 10.5 Å². The molecule has 4 nitrogen and oxygen atoms in total. The van der Waals surface area contributed by atoms with Gasteiger partial charge in [0.15, 0.2) is 0 Å². The summed E-state index contributed by atoms with van der Waals surface area (Å²) in [6.45, 7) is 1.72. The molecule has 1 aromatic carbocycles. The third-order valence-corrected chi connectivity index (χ3v) is 5.17. The van der Waals surface area contributed by atoms with Gasteiger partial charge in [-0.15, -0.1) is 11.8 Å². The Labute approximate surface area is 118 Å². The van der Waals surface area contributed by atoms with Crippen LogP contribution in [0, 0.1) is 0 Å². The number of primary amides is 1. The minimum Gasteiger partial charge on any atom is -0.497 e. The van der Waals surface area contributed by atoms with Gasteiger partial charge >= 0.3 is 0 Å². The van der Waals surface area contributed by atoms with Gasteiger partial charge in [0.1, 0.15) is 5.75 Å². The molecule has 1 fully saturated rings. The van der Waals surface area contributed by atoms with Gasteiger partial charge < -0.3 is 15.8 Å². The summed E-state index contributed by atoms with van der Waals surface area (Å²) in [5.74, 6) is 1.46. The number of nitrogens with two attached hydrogens (primary N) is 1. The first-order valence-electron chi connectivity index (χ1n) is 6.44. The van der Waals surface area contributed by atoms with Crippen molar-refractivity contribution in [1.29, 1.82) is 0 Å². The van der Waals surface area contributed by atoms with Gasteiger partial charge in [-0.3, -0.25) is 4.79 Å². The minimum atomic E-state index is -0.412. The molecule has 3 N–H and O–H groups in total. The number of carbonyl (C=O) groups excluding carboxylic acids is 1. The molecule has 2 rings (SSSR count). The second kappa shape index (κ2) is 6.30. The van der Waals surface area contributed by atoms with Crippen LogP contribution in [0.5, 0.6) is 5.75 Å². The Morgan fingerprint density at radius 2 is 2.00 bits per heavy atom. The Kier molecular flexibility index (Phi) is 4.71. The third-order valence-electron chi connectivity index (χ3n) is 3.53. The number of carbonyl (C=O) groups is 1. The molecule has 0 unspecified atom stereocenters. The van der Waals surface area contributed by atoms with Crippen LogP contribution in [0.15, 0.2) is 24.3 Å². The van der Waals surface area contributed by atoms with Gasteiger partial charge in [0, 0.05) is 5.75 Å². The molecule has 104 valence electrons. The lowest BCUT2D eigenvalue weighted by Crippen LogP contribution is -2.48. The maximum atomic E-state index is 11.8. The van der Waals surface area contributed by atoms with Crippen molar-refractivity contribution in [1.82, 2.24) is 5.32 Å². The first-order valence-corrected chi connectivity index (χ1v) is 7.42. The van der Waals surface area contributed by atoms with Crippen molar-refractivity contribution in [2.24, 2.45) is 5.73 Å². The second-order valence-corrected chi connectivity index (χ2v) is 6.10. The highest BCUT2D eigenvalue weighted by Crippen LogP contribution is 2.36. The number of amides is 1. The van der Waals surface area contributed by atoms with Crippen molar-refractivity contribution in [2.75, 3.05) is 20.2 Å². The predicted octanol–water partition coefficient (Wildman–Crippen LogP) is 1.54. The Hall–Kier alpha value is -1.20.